The van der Waals surface area contributed by atoms with Gasteiger partial charge in [0.05, 0.1) is 5.56 Å². The topological polar surface area (TPSA) is 88.6 Å². The van der Waals surface area contributed by atoms with Gasteiger partial charge in [-0.15, -0.1) is 0 Å². The number of fused-ring (bicyclic) bond motifs is 2. The zero-order valence-electron chi connectivity index (χ0n) is 13.9. The number of nitrogens with two attached hydrogens (primary N) is 1. The SMILES string of the molecule is NC(=O)c1cn(CC(=O)N2CCN3C(=O)CCC3C2)c2ccccc12. The molecule has 3 heterocycles. The number of benzene rings is 1. The molecule has 0 aliphatic carbocycles. The number of rotatable bonds is 3. The summed E-state index contributed by atoms with van der Waals surface area (Å²) in [7, 11) is 0. The highest BCUT2D eigenvalue weighted by Crippen LogP contribution is 2.24. The average Bonchev–Trinajstić information content (AvgIpc) is 3.16. The van der Waals surface area contributed by atoms with Crippen LogP contribution in [0.2, 0.25) is 0 Å². The number of aromatic nitrogens is 1. The molecule has 4 rings (SSSR count). The molecule has 0 radical (unpaired) electrons. The normalized spacial score (nSPS) is 20.2. The first kappa shape index (κ1) is 15.7. The number of para-hydroxylation sites is 1. The molecule has 2 aliphatic heterocycles. The van der Waals surface area contributed by atoms with E-state index in [0.29, 0.717) is 31.6 Å². The van der Waals surface area contributed by atoms with Crippen molar-refractivity contribution >= 4 is 28.6 Å². The molecule has 25 heavy (non-hydrogen) atoms. The van der Waals surface area contributed by atoms with Gasteiger partial charge < -0.3 is 20.1 Å². The lowest BCUT2D eigenvalue weighted by Gasteiger charge is -2.37. The maximum atomic E-state index is 12.7. The Morgan fingerprint density at radius 3 is 2.80 bits per heavy atom. The molecule has 7 heteroatoms. The predicted octanol–water partition coefficient (Wildman–Crippen LogP) is 0.573. The van der Waals surface area contributed by atoms with Gasteiger partial charge in [-0.05, 0) is 12.5 Å². The summed E-state index contributed by atoms with van der Waals surface area (Å²) in [5, 5.41) is 0.758. The summed E-state index contributed by atoms with van der Waals surface area (Å²) in [6, 6.07) is 7.57. The fourth-order valence-corrected chi connectivity index (χ4v) is 3.91. The van der Waals surface area contributed by atoms with Crippen LogP contribution in [-0.2, 0) is 16.1 Å². The zero-order chi connectivity index (χ0) is 17.6. The van der Waals surface area contributed by atoms with Crippen molar-refractivity contribution in [3.63, 3.8) is 0 Å². The van der Waals surface area contributed by atoms with E-state index in [-0.39, 0.29) is 24.4 Å². The van der Waals surface area contributed by atoms with Crippen LogP contribution in [0.3, 0.4) is 0 Å². The zero-order valence-corrected chi connectivity index (χ0v) is 13.9. The monoisotopic (exact) mass is 340 g/mol. The summed E-state index contributed by atoms with van der Waals surface area (Å²) < 4.78 is 1.78. The summed E-state index contributed by atoms with van der Waals surface area (Å²) in [4.78, 5) is 39.9. The molecule has 0 bridgehead atoms. The van der Waals surface area contributed by atoms with E-state index >= 15 is 0 Å². The van der Waals surface area contributed by atoms with Crippen molar-refractivity contribution in [1.82, 2.24) is 14.4 Å². The number of primary amides is 1. The van der Waals surface area contributed by atoms with Gasteiger partial charge in [0.1, 0.15) is 6.54 Å². The minimum Gasteiger partial charge on any atom is -0.366 e. The Kier molecular flexibility index (Phi) is 3.71. The summed E-state index contributed by atoms with van der Waals surface area (Å²) in [5.41, 5.74) is 6.70. The van der Waals surface area contributed by atoms with E-state index in [1.54, 1.807) is 10.8 Å². The summed E-state index contributed by atoms with van der Waals surface area (Å²) >= 11 is 0. The highest BCUT2D eigenvalue weighted by atomic mass is 16.2. The standard InChI is InChI=1S/C18H20N4O3/c19-18(25)14-10-21(15-4-2-1-3-13(14)15)11-17(24)20-7-8-22-12(9-20)5-6-16(22)23/h1-4,10,12H,5-9,11H2,(H2,19,25). The molecule has 2 aromatic rings. The summed E-state index contributed by atoms with van der Waals surface area (Å²) in [6.07, 6.45) is 3.05. The Balaban J connectivity index is 1.54. The smallest absolute Gasteiger partial charge is 0.250 e. The minimum absolute atomic E-state index is 0.00391. The number of hydrogen-bond acceptors (Lipinski definition) is 3. The van der Waals surface area contributed by atoms with Gasteiger partial charge in [-0.25, -0.2) is 0 Å². The second-order valence-electron chi connectivity index (χ2n) is 6.67. The first-order valence-corrected chi connectivity index (χ1v) is 8.49. The highest BCUT2D eigenvalue weighted by Gasteiger charge is 2.36. The van der Waals surface area contributed by atoms with Gasteiger partial charge in [0.2, 0.25) is 11.8 Å². The third kappa shape index (κ3) is 2.65. The molecule has 2 aliphatic rings. The fourth-order valence-electron chi connectivity index (χ4n) is 3.91. The Morgan fingerprint density at radius 1 is 1.20 bits per heavy atom. The van der Waals surface area contributed by atoms with Gasteiger partial charge in [0.25, 0.3) is 5.91 Å². The van der Waals surface area contributed by atoms with Gasteiger partial charge in [-0.1, -0.05) is 18.2 Å². The Labute approximate surface area is 145 Å². The number of carbonyl (C=O) groups is 3. The number of carbonyl (C=O) groups excluding carboxylic acids is 3. The first-order valence-electron chi connectivity index (χ1n) is 8.49. The van der Waals surface area contributed by atoms with E-state index in [1.165, 1.54) is 0 Å². The van der Waals surface area contributed by atoms with Crippen LogP contribution in [0.4, 0.5) is 0 Å². The van der Waals surface area contributed by atoms with E-state index in [2.05, 4.69) is 0 Å². The van der Waals surface area contributed by atoms with E-state index in [4.69, 9.17) is 5.73 Å². The average molecular weight is 340 g/mol. The molecule has 3 amide bonds. The maximum absolute atomic E-state index is 12.7. The molecule has 1 atom stereocenters. The lowest BCUT2D eigenvalue weighted by molar-refractivity contribution is -0.139. The van der Waals surface area contributed by atoms with Crippen molar-refractivity contribution < 1.29 is 14.4 Å². The number of nitrogens with zero attached hydrogens (tertiary/aromatic N) is 3. The number of amides is 3. The maximum Gasteiger partial charge on any atom is 0.250 e. The number of hydrogen-bond donors (Lipinski definition) is 1. The Hall–Kier alpha value is -2.83. The predicted molar refractivity (Wildman–Crippen MR) is 91.8 cm³/mol. The van der Waals surface area contributed by atoms with Gasteiger partial charge in [-0.2, -0.15) is 0 Å². The Bertz CT molecular complexity index is 872. The van der Waals surface area contributed by atoms with Gasteiger partial charge in [0.15, 0.2) is 0 Å². The van der Waals surface area contributed by atoms with Crippen molar-refractivity contribution in [3.8, 4) is 0 Å². The molecule has 130 valence electrons. The molecular formula is C18H20N4O3. The lowest BCUT2D eigenvalue weighted by atomic mass is 10.1. The van der Waals surface area contributed by atoms with Gasteiger partial charge >= 0.3 is 0 Å². The van der Waals surface area contributed by atoms with Crippen LogP contribution in [0.1, 0.15) is 23.2 Å². The molecule has 0 spiro atoms. The second-order valence-corrected chi connectivity index (χ2v) is 6.67. The van der Waals surface area contributed by atoms with Crippen LogP contribution in [-0.4, -0.2) is 57.8 Å². The van der Waals surface area contributed by atoms with Crippen LogP contribution in [0.25, 0.3) is 10.9 Å². The molecular weight excluding hydrogens is 320 g/mol. The van der Waals surface area contributed by atoms with E-state index in [9.17, 15) is 14.4 Å². The first-order chi connectivity index (χ1) is 12.0. The van der Waals surface area contributed by atoms with Crippen LogP contribution >= 0.6 is 0 Å². The highest BCUT2D eigenvalue weighted by molar-refractivity contribution is 6.06. The Morgan fingerprint density at radius 2 is 2.00 bits per heavy atom. The summed E-state index contributed by atoms with van der Waals surface area (Å²) in [6.45, 7) is 1.91. The minimum atomic E-state index is -0.500. The molecule has 0 saturated carbocycles. The van der Waals surface area contributed by atoms with E-state index < -0.39 is 5.91 Å². The van der Waals surface area contributed by atoms with Crippen molar-refractivity contribution in [2.45, 2.75) is 25.4 Å². The van der Waals surface area contributed by atoms with Crippen molar-refractivity contribution in [1.29, 1.82) is 0 Å². The molecule has 1 aromatic heterocycles. The third-order valence-electron chi connectivity index (χ3n) is 5.21. The van der Waals surface area contributed by atoms with Crippen LogP contribution < -0.4 is 5.73 Å². The van der Waals surface area contributed by atoms with Crippen molar-refractivity contribution in [2.24, 2.45) is 5.73 Å². The molecule has 2 N–H and O–H groups in total. The third-order valence-corrected chi connectivity index (χ3v) is 5.21. The van der Waals surface area contributed by atoms with Crippen LogP contribution in [0.15, 0.2) is 30.5 Å². The van der Waals surface area contributed by atoms with E-state index in [1.807, 2.05) is 34.1 Å². The number of piperazine rings is 1. The van der Waals surface area contributed by atoms with Gasteiger partial charge in [-0.3, -0.25) is 14.4 Å². The quantitative estimate of drug-likeness (QED) is 0.886. The van der Waals surface area contributed by atoms with Crippen molar-refractivity contribution in [2.75, 3.05) is 19.6 Å². The molecule has 2 fully saturated rings. The molecule has 1 aromatic carbocycles. The fraction of sp³-hybridized carbons (Fsp3) is 0.389. The summed E-state index contributed by atoms with van der Waals surface area (Å²) in [5.74, 6) is -0.309. The lowest BCUT2D eigenvalue weighted by Crippen LogP contribution is -2.53. The molecule has 2 saturated heterocycles. The molecule has 1 unspecified atom stereocenters. The van der Waals surface area contributed by atoms with E-state index in [0.717, 1.165) is 17.3 Å². The van der Waals surface area contributed by atoms with Gasteiger partial charge in [0, 0.05) is 49.2 Å². The second kappa shape index (κ2) is 5.91. The largest absolute Gasteiger partial charge is 0.366 e. The van der Waals surface area contributed by atoms with Crippen molar-refractivity contribution in [3.05, 3.63) is 36.0 Å². The molecule has 7 nitrogen and oxygen atoms in total. The van der Waals surface area contributed by atoms with Crippen LogP contribution in [0, 0.1) is 0 Å². The van der Waals surface area contributed by atoms with Crippen LogP contribution in [0.5, 0.6) is 0 Å².